The normalized spacial score (nSPS) is 10.8. The van der Waals surface area contributed by atoms with Gasteiger partial charge in [0.2, 0.25) is 0 Å². The average molecular weight is 243 g/mol. The molecule has 96 valence electrons. The van der Waals surface area contributed by atoms with Crippen LogP contribution in [0.4, 0.5) is 0 Å². The van der Waals surface area contributed by atoms with E-state index in [1.807, 2.05) is 12.4 Å². The van der Waals surface area contributed by atoms with Gasteiger partial charge in [0, 0.05) is 18.9 Å². The van der Waals surface area contributed by atoms with Crippen LogP contribution in [-0.4, -0.2) is 16.1 Å². The summed E-state index contributed by atoms with van der Waals surface area (Å²) in [4.78, 5) is 4.35. The maximum atomic E-state index is 4.35. The highest BCUT2D eigenvalue weighted by molar-refractivity contribution is 5.22. The Labute approximate surface area is 109 Å². The van der Waals surface area contributed by atoms with Crippen LogP contribution in [-0.2, 0) is 19.5 Å². The van der Waals surface area contributed by atoms with Gasteiger partial charge in [-0.3, -0.25) is 0 Å². The van der Waals surface area contributed by atoms with Crippen molar-refractivity contribution in [2.24, 2.45) is 0 Å². The first-order chi connectivity index (χ1) is 8.79. The maximum Gasteiger partial charge on any atom is 0.122 e. The molecule has 0 aliphatic heterocycles. The van der Waals surface area contributed by atoms with Crippen LogP contribution in [0.1, 0.15) is 23.9 Å². The lowest BCUT2D eigenvalue weighted by Crippen LogP contribution is -2.19. The van der Waals surface area contributed by atoms with Gasteiger partial charge in [-0.15, -0.1) is 0 Å². The van der Waals surface area contributed by atoms with Gasteiger partial charge in [-0.2, -0.15) is 0 Å². The van der Waals surface area contributed by atoms with E-state index in [4.69, 9.17) is 0 Å². The molecule has 0 unspecified atom stereocenters. The van der Waals surface area contributed by atoms with Crippen LogP contribution in [0.5, 0.6) is 0 Å². The topological polar surface area (TPSA) is 29.9 Å². The molecule has 3 nitrogen and oxygen atoms in total. The van der Waals surface area contributed by atoms with E-state index < -0.39 is 0 Å². The Hall–Kier alpha value is -1.61. The summed E-state index contributed by atoms with van der Waals surface area (Å²) in [6.45, 7) is 7.08. The van der Waals surface area contributed by atoms with Crippen molar-refractivity contribution >= 4 is 0 Å². The van der Waals surface area contributed by atoms with E-state index in [2.05, 4.69) is 53.0 Å². The van der Waals surface area contributed by atoms with Gasteiger partial charge in [-0.05, 0) is 32.4 Å². The Morgan fingerprint density at radius 3 is 3.00 bits per heavy atom. The van der Waals surface area contributed by atoms with Crippen molar-refractivity contribution in [3.05, 3.63) is 53.6 Å². The first-order valence-corrected chi connectivity index (χ1v) is 6.56. The van der Waals surface area contributed by atoms with Crippen LogP contribution in [0.3, 0.4) is 0 Å². The zero-order valence-electron chi connectivity index (χ0n) is 11.2. The average Bonchev–Trinajstić information content (AvgIpc) is 2.82. The highest BCUT2D eigenvalue weighted by Crippen LogP contribution is 2.04. The summed E-state index contributed by atoms with van der Waals surface area (Å²) in [6.07, 6.45) is 4.95. The summed E-state index contributed by atoms with van der Waals surface area (Å²) in [5.41, 5.74) is 2.72. The van der Waals surface area contributed by atoms with Crippen LogP contribution in [0.2, 0.25) is 0 Å². The molecule has 0 atom stereocenters. The lowest BCUT2D eigenvalue weighted by molar-refractivity contribution is 0.613. The van der Waals surface area contributed by atoms with Crippen molar-refractivity contribution in [1.29, 1.82) is 0 Å². The fraction of sp³-hybridized carbons (Fsp3) is 0.400. The number of rotatable bonds is 6. The second-order valence-electron chi connectivity index (χ2n) is 4.55. The van der Waals surface area contributed by atoms with Crippen molar-refractivity contribution in [3.63, 3.8) is 0 Å². The summed E-state index contributed by atoms with van der Waals surface area (Å²) >= 11 is 0. The molecule has 0 saturated heterocycles. The fourth-order valence-corrected chi connectivity index (χ4v) is 2.10. The minimum Gasteiger partial charge on any atom is -0.334 e. The lowest BCUT2D eigenvalue weighted by Gasteiger charge is -2.07. The molecule has 1 heterocycles. The molecule has 0 fully saturated rings. The number of benzene rings is 1. The van der Waals surface area contributed by atoms with E-state index in [9.17, 15) is 0 Å². The van der Waals surface area contributed by atoms with E-state index in [1.54, 1.807) is 0 Å². The quantitative estimate of drug-likeness (QED) is 0.790. The SMILES string of the molecule is CCn1ccnc1CNCCc1cccc(C)c1. The Bertz CT molecular complexity index is 488. The second kappa shape index (κ2) is 6.36. The Kier molecular flexibility index (Phi) is 4.53. The third-order valence-electron chi connectivity index (χ3n) is 3.10. The molecule has 3 heteroatoms. The lowest BCUT2D eigenvalue weighted by atomic mass is 10.1. The van der Waals surface area contributed by atoms with Crippen molar-refractivity contribution < 1.29 is 0 Å². The molecule has 2 rings (SSSR count). The monoisotopic (exact) mass is 243 g/mol. The Balaban J connectivity index is 1.76. The molecule has 0 saturated carbocycles. The van der Waals surface area contributed by atoms with E-state index >= 15 is 0 Å². The van der Waals surface area contributed by atoms with E-state index in [0.717, 1.165) is 31.9 Å². The third kappa shape index (κ3) is 3.44. The van der Waals surface area contributed by atoms with Gasteiger partial charge in [0.25, 0.3) is 0 Å². The number of aryl methyl sites for hydroxylation is 2. The predicted octanol–water partition coefficient (Wildman–Crippen LogP) is 2.54. The standard InChI is InChI=1S/C15H21N3/c1-3-18-10-9-17-15(18)12-16-8-7-14-6-4-5-13(2)11-14/h4-6,9-11,16H,3,7-8,12H2,1-2H3. The first-order valence-electron chi connectivity index (χ1n) is 6.56. The molecular weight excluding hydrogens is 222 g/mol. The molecule has 0 aliphatic carbocycles. The van der Waals surface area contributed by atoms with Gasteiger partial charge >= 0.3 is 0 Å². The largest absolute Gasteiger partial charge is 0.334 e. The minimum absolute atomic E-state index is 0.840. The smallest absolute Gasteiger partial charge is 0.122 e. The van der Waals surface area contributed by atoms with Crippen LogP contribution in [0.15, 0.2) is 36.7 Å². The number of nitrogens with one attached hydrogen (secondary N) is 1. The van der Waals surface area contributed by atoms with Crippen LogP contribution in [0, 0.1) is 6.92 Å². The van der Waals surface area contributed by atoms with E-state index in [0.29, 0.717) is 0 Å². The zero-order chi connectivity index (χ0) is 12.8. The molecule has 1 N–H and O–H groups in total. The first kappa shape index (κ1) is 12.8. The minimum atomic E-state index is 0.840. The second-order valence-corrected chi connectivity index (χ2v) is 4.55. The molecule has 1 aromatic heterocycles. The Morgan fingerprint density at radius 2 is 2.22 bits per heavy atom. The number of nitrogens with zero attached hydrogens (tertiary/aromatic N) is 2. The fourth-order valence-electron chi connectivity index (χ4n) is 2.10. The summed E-state index contributed by atoms with van der Waals surface area (Å²) in [7, 11) is 0. The Morgan fingerprint density at radius 1 is 1.33 bits per heavy atom. The highest BCUT2D eigenvalue weighted by atomic mass is 15.1. The molecule has 1 aromatic carbocycles. The molecule has 2 aromatic rings. The van der Waals surface area contributed by atoms with Gasteiger partial charge in [-0.1, -0.05) is 29.8 Å². The summed E-state index contributed by atoms with van der Waals surface area (Å²) in [6, 6.07) is 8.68. The van der Waals surface area contributed by atoms with Crippen LogP contribution in [0.25, 0.3) is 0 Å². The van der Waals surface area contributed by atoms with Crippen molar-refractivity contribution in [1.82, 2.24) is 14.9 Å². The number of hydrogen-bond donors (Lipinski definition) is 1. The maximum absolute atomic E-state index is 4.35. The molecule has 0 spiro atoms. The highest BCUT2D eigenvalue weighted by Gasteiger charge is 2.00. The van der Waals surface area contributed by atoms with E-state index in [1.165, 1.54) is 11.1 Å². The number of imidazole rings is 1. The molecular formula is C15H21N3. The third-order valence-corrected chi connectivity index (χ3v) is 3.10. The van der Waals surface area contributed by atoms with Crippen molar-refractivity contribution in [2.75, 3.05) is 6.54 Å². The molecule has 0 radical (unpaired) electrons. The van der Waals surface area contributed by atoms with Gasteiger partial charge in [0.15, 0.2) is 0 Å². The van der Waals surface area contributed by atoms with Crippen molar-refractivity contribution in [3.8, 4) is 0 Å². The van der Waals surface area contributed by atoms with Crippen LogP contribution >= 0.6 is 0 Å². The van der Waals surface area contributed by atoms with Crippen LogP contribution < -0.4 is 5.32 Å². The van der Waals surface area contributed by atoms with E-state index in [-0.39, 0.29) is 0 Å². The van der Waals surface area contributed by atoms with Gasteiger partial charge in [0.05, 0.1) is 6.54 Å². The summed E-state index contributed by atoms with van der Waals surface area (Å²) in [5, 5.41) is 3.45. The number of aromatic nitrogens is 2. The zero-order valence-corrected chi connectivity index (χ0v) is 11.2. The van der Waals surface area contributed by atoms with Crippen molar-refractivity contribution in [2.45, 2.75) is 33.4 Å². The molecule has 0 amide bonds. The molecule has 0 bridgehead atoms. The molecule has 0 aliphatic rings. The van der Waals surface area contributed by atoms with Gasteiger partial charge in [0.1, 0.15) is 5.82 Å². The van der Waals surface area contributed by atoms with Gasteiger partial charge in [-0.25, -0.2) is 4.98 Å². The number of hydrogen-bond acceptors (Lipinski definition) is 2. The summed E-state index contributed by atoms with van der Waals surface area (Å²) < 4.78 is 2.17. The molecule has 18 heavy (non-hydrogen) atoms. The predicted molar refractivity (Wildman–Crippen MR) is 74.5 cm³/mol. The summed E-state index contributed by atoms with van der Waals surface area (Å²) in [5.74, 6) is 1.11. The van der Waals surface area contributed by atoms with Gasteiger partial charge < -0.3 is 9.88 Å².